The summed E-state index contributed by atoms with van der Waals surface area (Å²) in [5, 5.41) is 3.78. The topological polar surface area (TPSA) is 95.4 Å². The normalized spacial score (nSPS) is 10.2. The Morgan fingerprint density at radius 1 is 1.28 bits per heavy atom. The number of nitrogens with two attached hydrogens (primary N) is 1. The molecule has 0 bridgehead atoms. The maximum atomic E-state index is 5.22. The van der Waals surface area contributed by atoms with Gasteiger partial charge < -0.3 is 14.0 Å². The quantitative estimate of drug-likeness (QED) is 0.602. The van der Waals surface area contributed by atoms with Crippen LogP contribution in [-0.4, -0.2) is 24.4 Å². The van der Waals surface area contributed by atoms with Crippen molar-refractivity contribution in [2.24, 2.45) is 5.84 Å². The van der Waals surface area contributed by atoms with Crippen LogP contribution >= 0.6 is 0 Å². The molecular formula is C11H14N4O3. The lowest BCUT2D eigenvalue weighted by Crippen LogP contribution is -2.06. The van der Waals surface area contributed by atoms with E-state index in [-0.39, 0.29) is 6.01 Å². The van der Waals surface area contributed by atoms with Crippen molar-refractivity contribution in [3.63, 3.8) is 0 Å². The SMILES string of the molecule is COc1ccc(Cc2noc(NN)n2)cc1OC. The monoisotopic (exact) mass is 250 g/mol. The Balaban J connectivity index is 2.18. The average Bonchev–Trinajstić information content (AvgIpc) is 2.86. The lowest BCUT2D eigenvalue weighted by Gasteiger charge is -2.08. The van der Waals surface area contributed by atoms with Crippen LogP contribution < -0.4 is 20.7 Å². The number of anilines is 1. The third-order valence-electron chi connectivity index (χ3n) is 2.40. The van der Waals surface area contributed by atoms with Crippen LogP contribution in [0, 0.1) is 0 Å². The Morgan fingerprint density at radius 2 is 2.06 bits per heavy atom. The van der Waals surface area contributed by atoms with Crippen molar-refractivity contribution in [1.29, 1.82) is 0 Å². The van der Waals surface area contributed by atoms with E-state index < -0.39 is 0 Å². The van der Waals surface area contributed by atoms with Crippen molar-refractivity contribution in [3.8, 4) is 11.5 Å². The summed E-state index contributed by atoms with van der Waals surface area (Å²) in [5.41, 5.74) is 3.27. The largest absolute Gasteiger partial charge is 0.493 e. The fourth-order valence-corrected chi connectivity index (χ4v) is 1.56. The molecule has 1 aromatic carbocycles. The number of hydrogen-bond acceptors (Lipinski definition) is 7. The molecule has 0 amide bonds. The third-order valence-corrected chi connectivity index (χ3v) is 2.40. The maximum absolute atomic E-state index is 5.22. The summed E-state index contributed by atoms with van der Waals surface area (Å²) in [7, 11) is 3.18. The number of rotatable bonds is 5. The highest BCUT2D eigenvalue weighted by Gasteiger charge is 2.09. The van der Waals surface area contributed by atoms with E-state index in [1.807, 2.05) is 18.2 Å². The second-order valence-corrected chi connectivity index (χ2v) is 3.53. The molecule has 2 rings (SSSR count). The molecule has 1 heterocycles. The van der Waals surface area contributed by atoms with Crippen LogP contribution in [-0.2, 0) is 6.42 Å². The van der Waals surface area contributed by atoms with Gasteiger partial charge in [0.05, 0.1) is 14.2 Å². The predicted molar refractivity (Wildman–Crippen MR) is 64.5 cm³/mol. The van der Waals surface area contributed by atoms with E-state index in [2.05, 4.69) is 15.6 Å². The van der Waals surface area contributed by atoms with Gasteiger partial charge >= 0.3 is 6.01 Å². The van der Waals surface area contributed by atoms with Crippen molar-refractivity contribution in [3.05, 3.63) is 29.6 Å². The summed E-state index contributed by atoms with van der Waals surface area (Å²) in [6.07, 6.45) is 0.519. The van der Waals surface area contributed by atoms with Crippen LogP contribution in [0.1, 0.15) is 11.4 Å². The molecule has 0 saturated carbocycles. The average molecular weight is 250 g/mol. The van der Waals surface area contributed by atoms with Crippen LogP contribution in [0.4, 0.5) is 6.01 Å². The number of nitrogens with one attached hydrogen (secondary N) is 1. The zero-order valence-electron chi connectivity index (χ0n) is 10.1. The van der Waals surface area contributed by atoms with Gasteiger partial charge in [-0.2, -0.15) is 4.98 Å². The van der Waals surface area contributed by atoms with Crippen molar-refractivity contribution in [2.45, 2.75) is 6.42 Å². The first kappa shape index (κ1) is 12.2. The highest BCUT2D eigenvalue weighted by atomic mass is 16.5. The number of ether oxygens (including phenoxy) is 2. The van der Waals surface area contributed by atoms with Gasteiger partial charge in [0.25, 0.3) is 0 Å². The Morgan fingerprint density at radius 3 is 2.67 bits per heavy atom. The van der Waals surface area contributed by atoms with Crippen LogP contribution in [0.3, 0.4) is 0 Å². The smallest absolute Gasteiger partial charge is 0.335 e. The van der Waals surface area contributed by atoms with Crippen molar-refractivity contribution < 1.29 is 14.0 Å². The lowest BCUT2D eigenvalue weighted by molar-refractivity contribution is 0.354. The molecular weight excluding hydrogens is 236 g/mol. The van der Waals surface area contributed by atoms with Crippen LogP contribution in [0.2, 0.25) is 0 Å². The van der Waals surface area contributed by atoms with Gasteiger partial charge in [-0.15, -0.1) is 0 Å². The molecule has 0 radical (unpaired) electrons. The Bertz CT molecular complexity index is 527. The Kier molecular flexibility index (Phi) is 3.63. The Hall–Kier alpha value is -2.28. The molecule has 0 aliphatic rings. The maximum Gasteiger partial charge on any atom is 0.335 e. The number of nitrogens with zero attached hydrogens (tertiary/aromatic N) is 2. The summed E-state index contributed by atoms with van der Waals surface area (Å²) in [4.78, 5) is 4.04. The zero-order valence-corrected chi connectivity index (χ0v) is 10.1. The van der Waals surface area contributed by atoms with E-state index in [0.717, 1.165) is 5.56 Å². The fraction of sp³-hybridized carbons (Fsp3) is 0.273. The minimum absolute atomic E-state index is 0.186. The molecule has 0 spiro atoms. The van der Waals surface area contributed by atoms with E-state index in [1.165, 1.54) is 0 Å². The minimum atomic E-state index is 0.186. The number of benzene rings is 1. The van der Waals surface area contributed by atoms with Gasteiger partial charge in [0.15, 0.2) is 17.3 Å². The fourth-order valence-electron chi connectivity index (χ4n) is 1.56. The second-order valence-electron chi connectivity index (χ2n) is 3.53. The molecule has 18 heavy (non-hydrogen) atoms. The first-order valence-electron chi connectivity index (χ1n) is 5.27. The standard InChI is InChI=1S/C11H14N4O3/c1-16-8-4-3-7(5-9(8)17-2)6-10-13-11(14-12)18-15-10/h3-5H,6,12H2,1-2H3,(H,13,14,15). The van der Waals surface area contributed by atoms with Crippen LogP contribution in [0.15, 0.2) is 22.7 Å². The van der Waals surface area contributed by atoms with Crippen molar-refractivity contribution in [2.75, 3.05) is 19.6 Å². The van der Waals surface area contributed by atoms with E-state index in [9.17, 15) is 0 Å². The number of aromatic nitrogens is 2. The summed E-state index contributed by atoms with van der Waals surface area (Å²) in [6, 6.07) is 5.79. The first-order chi connectivity index (χ1) is 8.76. The number of hydrazine groups is 1. The molecule has 0 atom stereocenters. The summed E-state index contributed by atoms with van der Waals surface area (Å²) in [6.45, 7) is 0. The van der Waals surface area contributed by atoms with Gasteiger partial charge in [-0.25, -0.2) is 5.84 Å². The molecule has 0 unspecified atom stereocenters. The zero-order chi connectivity index (χ0) is 13.0. The van der Waals surface area contributed by atoms with Gasteiger partial charge in [0.1, 0.15) is 0 Å². The predicted octanol–water partition coefficient (Wildman–Crippen LogP) is 0.963. The van der Waals surface area contributed by atoms with Gasteiger partial charge in [0, 0.05) is 6.42 Å². The molecule has 0 saturated heterocycles. The first-order valence-corrected chi connectivity index (χ1v) is 5.27. The van der Waals surface area contributed by atoms with Crippen molar-refractivity contribution in [1.82, 2.24) is 10.1 Å². The van der Waals surface area contributed by atoms with Crippen LogP contribution in [0.5, 0.6) is 11.5 Å². The molecule has 2 aromatic rings. The van der Waals surface area contributed by atoms with Gasteiger partial charge in [-0.05, 0) is 17.7 Å². The van der Waals surface area contributed by atoms with E-state index in [0.29, 0.717) is 23.7 Å². The van der Waals surface area contributed by atoms with E-state index >= 15 is 0 Å². The highest BCUT2D eigenvalue weighted by Crippen LogP contribution is 2.28. The van der Waals surface area contributed by atoms with E-state index in [4.69, 9.17) is 19.8 Å². The molecule has 7 nitrogen and oxygen atoms in total. The van der Waals surface area contributed by atoms with Crippen LogP contribution in [0.25, 0.3) is 0 Å². The molecule has 96 valence electrons. The summed E-state index contributed by atoms with van der Waals surface area (Å²) < 4.78 is 15.2. The van der Waals surface area contributed by atoms with Gasteiger partial charge in [0.2, 0.25) is 0 Å². The molecule has 3 N–H and O–H groups in total. The lowest BCUT2D eigenvalue weighted by atomic mass is 10.1. The van der Waals surface area contributed by atoms with E-state index in [1.54, 1.807) is 14.2 Å². The van der Waals surface area contributed by atoms with Gasteiger partial charge in [-0.1, -0.05) is 11.2 Å². The summed E-state index contributed by atoms with van der Waals surface area (Å²) in [5.74, 6) is 7.04. The molecule has 7 heteroatoms. The highest BCUT2D eigenvalue weighted by molar-refractivity contribution is 5.43. The van der Waals surface area contributed by atoms with Crippen molar-refractivity contribution >= 4 is 6.01 Å². The number of methoxy groups -OCH3 is 2. The molecule has 0 fully saturated rings. The number of hydrogen-bond donors (Lipinski definition) is 2. The minimum Gasteiger partial charge on any atom is -0.493 e. The molecule has 1 aromatic heterocycles. The third kappa shape index (κ3) is 2.51. The number of nitrogen functional groups attached to an aromatic ring is 1. The molecule has 0 aliphatic carbocycles. The second kappa shape index (κ2) is 5.37. The summed E-state index contributed by atoms with van der Waals surface area (Å²) >= 11 is 0. The van der Waals surface area contributed by atoms with Gasteiger partial charge in [-0.3, -0.25) is 5.43 Å². The Labute approximate surface area is 104 Å². The molecule has 0 aliphatic heterocycles.